The molecule has 1 aromatic carbocycles. The van der Waals surface area contributed by atoms with E-state index in [1.807, 2.05) is 6.07 Å². The van der Waals surface area contributed by atoms with Crippen molar-refractivity contribution in [2.45, 2.75) is 38.6 Å². The topological polar surface area (TPSA) is 41.1 Å². The van der Waals surface area contributed by atoms with Gasteiger partial charge in [0, 0.05) is 6.54 Å². The first-order chi connectivity index (χ1) is 8.31. The number of fused-ring (bicyclic) bond motifs is 1. The molecule has 1 aromatic rings. The Morgan fingerprint density at radius 3 is 3.06 bits per heavy atom. The lowest BCUT2D eigenvalue weighted by atomic mass is 9.88. The molecule has 1 aliphatic rings. The van der Waals surface area contributed by atoms with Gasteiger partial charge < -0.3 is 10.6 Å². The fraction of sp³-hybridized carbons (Fsp3) is 0.500. The van der Waals surface area contributed by atoms with Crippen molar-refractivity contribution in [3.8, 4) is 0 Å². The lowest BCUT2D eigenvalue weighted by Gasteiger charge is -2.26. The highest BCUT2D eigenvalue weighted by molar-refractivity contribution is 5.74. The van der Waals surface area contributed by atoms with Gasteiger partial charge in [0.05, 0.1) is 6.04 Å². The third-order valence-electron chi connectivity index (χ3n) is 3.21. The SMILES string of the molecule is CCCNC(=O)N[C@H]1CCCc2ccccc21. The van der Waals surface area contributed by atoms with Crippen LogP contribution in [0.15, 0.2) is 24.3 Å². The summed E-state index contributed by atoms with van der Waals surface area (Å²) in [7, 11) is 0. The molecular formula is C14H20N2O. The molecule has 2 N–H and O–H groups in total. The first-order valence-electron chi connectivity index (χ1n) is 6.43. The number of amides is 2. The molecule has 0 aliphatic heterocycles. The van der Waals surface area contributed by atoms with Gasteiger partial charge in [-0.1, -0.05) is 31.2 Å². The predicted octanol–water partition coefficient (Wildman–Crippen LogP) is 2.77. The molecule has 0 heterocycles. The zero-order valence-corrected chi connectivity index (χ0v) is 10.3. The monoisotopic (exact) mass is 232 g/mol. The van der Waals surface area contributed by atoms with Crippen molar-refractivity contribution in [2.24, 2.45) is 0 Å². The van der Waals surface area contributed by atoms with Gasteiger partial charge in [0.2, 0.25) is 0 Å². The molecule has 0 fully saturated rings. The van der Waals surface area contributed by atoms with E-state index in [2.05, 4.69) is 35.8 Å². The van der Waals surface area contributed by atoms with Crippen LogP contribution >= 0.6 is 0 Å². The van der Waals surface area contributed by atoms with Gasteiger partial charge in [0.1, 0.15) is 0 Å². The molecule has 92 valence electrons. The van der Waals surface area contributed by atoms with Crippen molar-refractivity contribution >= 4 is 6.03 Å². The van der Waals surface area contributed by atoms with E-state index in [4.69, 9.17) is 0 Å². The van der Waals surface area contributed by atoms with E-state index in [1.165, 1.54) is 11.1 Å². The number of hydrogen-bond acceptors (Lipinski definition) is 1. The van der Waals surface area contributed by atoms with Gasteiger partial charge in [-0.3, -0.25) is 0 Å². The minimum absolute atomic E-state index is 0.0476. The number of rotatable bonds is 3. The van der Waals surface area contributed by atoms with Crippen LogP contribution in [0.25, 0.3) is 0 Å². The molecule has 1 atom stereocenters. The minimum atomic E-state index is -0.0476. The minimum Gasteiger partial charge on any atom is -0.338 e. The van der Waals surface area contributed by atoms with Crippen LogP contribution in [0.5, 0.6) is 0 Å². The quantitative estimate of drug-likeness (QED) is 0.826. The fourth-order valence-corrected chi connectivity index (χ4v) is 2.35. The predicted molar refractivity (Wildman–Crippen MR) is 68.9 cm³/mol. The molecule has 0 bridgehead atoms. The Morgan fingerprint density at radius 2 is 2.24 bits per heavy atom. The summed E-state index contributed by atoms with van der Waals surface area (Å²) in [5, 5.41) is 5.92. The van der Waals surface area contributed by atoms with Crippen LogP contribution in [0.2, 0.25) is 0 Å². The smallest absolute Gasteiger partial charge is 0.315 e. The largest absolute Gasteiger partial charge is 0.338 e. The number of carbonyl (C=O) groups is 1. The second-order valence-corrected chi connectivity index (χ2v) is 4.54. The summed E-state index contributed by atoms with van der Waals surface area (Å²) in [6, 6.07) is 8.53. The maximum absolute atomic E-state index is 11.7. The van der Waals surface area contributed by atoms with Crippen LogP contribution in [-0.2, 0) is 6.42 Å². The van der Waals surface area contributed by atoms with Crippen molar-refractivity contribution in [3.05, 3.63) is 35.4 Å². The molecule has 2 rings (SSSR count). The number of aryl methyl sites for hydroxylation is 1. The van der Waals surface area contributed by atoms with Crippen molar-refractivity contribution in [1.82, 2.24) is 10.6 Å². The normalized spacial score (nSPS) is 18.3. The van der Waals surface area contributed by atoms with Crippen molar-refractivity contribution in [1.29, 1.82) is 0 Å². The van der Waals surface area contributed by atoms with Crippen LogP contribution in [0, 0.1) is 0 Å². The van der Waals surface area contributed by atoms with E-state index in [9.17, 15) is 4.79 Å². The summed E-state index contributed by atoms with van der Waals surface area (Å²) >= 11 is 0. The van der Waals surface area contributed by atoms with Gasteiger partial charge in [-0.25, -0.2) is 4.79 Å². The lowest BCUT2D eigenvalue weighted by molar-refractivity contribution is 0.235. The van der Waals surface area contributed by atoms with Crippen molar-refractivity contribution in [2.75, 3.05) is 6.54 Å². The van der Waals surface area contributed by atoms with E-state index in [1.54, 1.807) is 0 Å². The highest BCUT2D eigenvalue weighted by atomic mass is 16.2. The standard InChI is InChI=1S/C14H20N2O/c1-2-10-15-14(17)16-13-9-5-7-11-6-3-4-8-12(11)13/h3-4,6,8,13H,2,5,7,9-10H2,1H3,(H2,15,16,17)/t13-/m0/s1. The van der Waals surface area contributed by atoms with Gasteiger partial charge in [0.15, 0.2) is 0 Å². The van der Waals surface area contributed by atoms with Crippen LogP contribution in [0.4, 0.5) is 4.79 Å². The number of carbonyl (C=O) groups excluding carboxylic acids is 1. The van der Waals surface area contributed by atoms with Crippen LogP contribution in [-0.4, -0.2) is 12.6 Å². The highest BCUT2D eigenvalue weighted by Crippen LogP contribution is 2.29. The van der Waals surface area contributed by atoms with Gasteiger partial charge >= 0.3 is 6.03 Å². The Labute approximate surface area is 103 Å². The zero-order valence-electron chi connectivity index (χ0n) is 10.3. The first kappa shape index (κ1) is 12.0. The van der Waals surface area contributed by atoms with E-state index in [0.29, 0.717) is 0 Å². The molecule has 0 unspecified atom stereocenters. The van der Waals surface area contributed by atoms with E-state index < -0.39 is 0 Å². The average Bonchev–Trinajstić information content (AvgIpc) is 2.37. The summed E-state index contributed by atoms with van der Waals surface area (Å²) in [5.41, 5.74) is 2.66. The summed E-state index contributed by atoms with van der Waals surface area (Å²) in [6.07, 6.45) is 4.28. The van der Waals surface area contributed by atoms with E-state index in [-0.39, 0.29) is 12.1 Å². The van der Waals surface area contributed by atoms with Gasteiger partial charge in [-0.05, 0) is 36.8 Å². The van der Waals surface area contributed by atoms with Gasteiger partial charge in [-0.15, -0.1) is 0 Å². The molecule has 0 aromatic heterocycles. The number of benzene rings is 1. The summed E-state index contributed by atoms with van der Waals surface area (Å²) < 4.78 is 0. The highest BCUT2D eigenvalue weighted by Gasteiger charge is 2.20. The molecule has 1 aliphatic carbocycles. The number of nitrogens with one attached hydrogen (secondary N) is 2. The van der Waals surface area contributed by atoms with Crippen molar-refractivity contribution < 1.29 is 4.79 Å². The third kappa shape index (κ3) is 2.99. The van der Waals surface area contributed by atoms with Gasteiger partial charge in [-0.2, -0.15) is 0 Å². The fourth-order valence-electron chi connectivity index (χ4n) is 2.35. The molecule has 3 nitrogen and oxygen atoms in total. The second-order valence-electron chi connectivity index (χ2n) is 4.54. The number of hydrogen-bond donors (Lipinski definition) is 2. The summed E-state index contributed by atoms with van der Waals surface area (Å²) in [6.45, 7) is 2.79. The van der Waals surface area contributed by atoms with Crippen LogP contribution < -0.4 is 10.6 Å². The van der Waals surface area contributed by atoms with Crippen molar-refractivity contribution in [3.63, 3.8) is 0 Å². The molecule has 0 radical (unpaired) electrons. The molecule has 0 spiro atoms. The molecular weight excluding hydrogens is 212 g/mol. The summed E-state index contributed by atoms with van der Waals surface area (Å²) in [4.78, 5) is 11.7. The molecule has 2 amide bonds. The Balaban J connectivity index is 2.01. The second kappa shape index (κ2) is 5.71. The first-order valence-corrected chi connectivity index (χ1v) is 6.43. The van der Waals surface area contributed by atoms with Gasteiger partial charge in [0.25, 0.3) is 0 Å². The lowest BCUT2D eigenvalue weighted by Crippen LogP contribution is -2.39. The Morgan fingerprint density at radius 1 is 1.41 bits per heavy atom. The van der Waals surface area contributed by atoms with E-state index in [0.717, 1.165) is 32.2 Å². The average molecular weight is 232 g/mol. The van der Waals surface area contributed by atoms with Crippen LogP contribution in [0.3, 0.4) is 0 Å². The molecule has 0 saturated carbocycles. The maximum atomic E-state index is 11.7. The maximum Gasteiger partial charge on any atom is 0.315 e. The molecule has 3 heteroatoms. The Bertz CT molecular complexity index is 390. The van der Waals surface area contributed by atoms with E-state index >= 15 is 0 Å². The molecule has 0 saturated heterocycles. The number of urea groups is 1. The zero-order chi connectivity index (χ0) is 12.1. The Hall–Kier alpha value is -1.51. The third-order valence-corrected chi connectivity index (χ3v) is 3.21. The Kier molecular flexibility index (Phi) is 4.02. The summed E-state index contributed by atoms with van der Waals surface area (Å²) in [5.74, 6) is 0. The molecule has 17 heavy (non-hydrogen) atoms. The van der Waals surface area contributed by atoms with Crippen LogP contribution in [0.1, 0.15) is 43.4 Å².